The van der Waals surface area contributed by atoms with E-state index < -0.39 is 6.04 Å². The first-order valence-corrected chi connectivity index (χ1v) is 11.5. The predicted molar refractivity (Wildman–Crippen MR) is 123 cm³/mol. The number of ether oxygens (including phenoxy) is 2. The molecule has 0 radical (unpaired) electrons. The molecule has 2 aromatic carbocycles. The van der Waals surface area contributed by atoms with Gasteiger partial charge in [-0.2, -0.15) is 11.8 Å². The number of nitrogens with zero attached hydrogens (tertiary/aromatic N) is 1. The van der Waals surface area contributed by atoms with Crippen molar-refractivity contribution < 1.29 is 18.7 Å². The zero-order chi connectivity index (χ0) is 22.2. The molecule has 1 heterocycles. The van der Waals surface area contributed by atoms with Gasteiger partial charge in [0.05, 0.1) is 12.6 Å². The van der Waals surface area contributed by atoms with Gasteiger partial charge in [-0.25, -0.2) is 9.37 Å². The second-order valence-electron chi connectivity index (χ2n) is 6.91. The summed E-state index contributed by atoms with van der Waals surface area (Å²) < 4.78 is 24.6. The van der Waals surface area contributed by atoms with Crippen molar-refractivity contribution >= 4 is 40.2 Å². The first kappa shape index (κ1) is 23.3. The van der Waals surface area contributed by atoms with E-state index in [1.165, 1.54) is 19.2 Å². The normalized spacial score (nSPS) is 12.0. The van der Waals surface area contributed by atoms with E-state index >= 15 is 0 Å². The number of carbonyl (C=O) groups is 1. The fourth-order valence-electron chi connectivity index (χ4n) is 3.09. The summed E-state index contributed by atoms with van der Waals surface area (Å²) >= 11 is 7.89. The molecular formula is C23H24ClFN2O3S. The third kappa shape index (κ3) is 6.32. The van der Waals surface area contributed by atoms with E-state index in [9.17, 15) is 9.18 Å². The minimum Gasteiger partial charge on any atom is -0.472 e. The highest BCUT2D eigenvalue weighted by molar-refractivity contribution is 7.98. The van der Waals surface area contributed by atoms with Gasteiger partial charge in [0.2, 0.25) is 5.88 Å². The molecule has 0 saturated heterocycles. The Morgan fingerprint density at radius 1 is 1.23 bits per heavy atom. The third-order valence-electron chi connectivity index (χ3n) is 4.78. The van der Waals surface area contributed by atoms with Crippen molar-refractivity contribution in [1.29, 1.82) is 0 Å². The molecule has 0 unspecified atom stereocenters. The van der Waals surface area contributed by atoms with Crippen molar-refractivity contribution in [2.24, 2.45) is 0 Å². The van der Waals surface area contributed by atoms with Gasteiger partial charge in [0.1, 0.15) is 18.5 Å². The number of halogens is 2. The molecule has 0 fully saturated rings. The van der Waals surface area contributed by atoms with E-state index in [1.807, 2.05) is 30.5 Å². The highest BCUT2D eigenvalue weighted by Gasteiger charge is 2.19. The lowest BCUT2D eigenvalue weighted by Crippen LogP contribution is -2.37. The van der Waals surface area contributed by atoms with Crippen molar-refractivity contribution in [3.05, 3.63) is 70.5 Å². The molecule has 0 aliphatic heterocycles. The van der Waals surface area contributed by atoms with Crippen molar-refractivity contribution in [2.45, 2.75) is 25.6 Å². The molecule has 1 N–H and O–H groups in total. The minimum atomic E-state index is -0.446. The van der Waals surface area contributed by atoms with Crippen LogP contribution in [0.3, 0.4) is 0 Å². The SMILES string of the molecule is COC(=O)[C@H](CCSC)NCc1cc2ccc(F)cc2nc1OCc1ccccc1Cl. The van der Waals surface area contributed by atoms with Crippen LogP contribution in [0.2, 0.25) is 5.02 Å². The number of rotatable bonds is 10. The Labute approximate surface area is 190 Å². The maximum Gasteiger partial charge on any atom is 0.322 e. The van der Waals surface area contributed by atoms with Gasteiger partial charge in [0, 0.05) is 34.1 Å². The number of nitrogens with one attached hydrogen (secondary N) is 1. The molecule has 0 spiro atoms. The van der Waals surface area contributed by atoms with Crippen LogP contribution in [0.15, 0.2) is 48.5 Å². The maximum absolute atomic E-state index is 13.7. The molecule has 3 rings (SSSR count). The fourth-order valence-corrected chi connectivity index (χ4v) is 3.76. The molecule has 1 aromatic heterocycles. The topological polar surface area (TPSA) is 60.5 Å². The summed E-state index contributed by atoms with van der Waals surface area (Å²) in [5, 5.41) is 4.61. The second kappa shape index (κ2) is 11.3. The molecule has 0 amide bonds. The van der Waals surface area contributed by atoms with Gasteiger partial charge in [-0.3, -0.25) is 4.79 Å². The monoisotopic (exact) mass is 462 g/mol. The van der Waals surface area contributed by atoms with Crippen LogP contribution in [0.1, 0.15) is 17.5 Å². The predicted octanol–water partition coefficient (Wildman–Crippen LogP) is 4.99. The van der Waals surface area contributed by atoms with Crippen molar-refractivity contribution in [2.75, 3.05) is 19.1 Å². The number of esters is 1. The first-order valence-electron chi connectivity index (χ1n) is 9.77. The largest absolute Gasteiger partial charge is 0.472 e. The zero-order valence-electron chi connectivity index (χ0n) is 17.4. The summed E-state index contributed by atoms with van der Waals surface area (Å²) in [6.45, 7) is 0.555. The van der Waals surface area contributed by atoms with Gasteiger partial charge in [-0.05, 0) is 42.7 Å². The van der Waals surface area contributed by atoms with E-state index in [4.69, 9.17) is 21.1 Å². The van der Waals surface area contributed by atoms with Crippen LogP contribution >= 0.6 is 23.4 Å². The lowest BCUT2D eigenvalue weighted by atomic mass is 10.1. The quantitative estimate of drug-likeness (QED) is 0.428. The van der Waals surface area contributed by atoms with Gasteiger partial charge >= 0.3 is 5.97 Å². The summed E-state index contributed by atoms with van der Waals surface area (Å²) in [4.78, 5) is 16.6. The number of fused-ring (bicyclic) bond motifs is 1. The van der Waals surface area contributed by atoms with E-state index in [0.717, 1.165) is 22.3 Å². The van der Waals surface area contributed by atoms with E-state index in [1.54, 1.807) is 23.9 Å². The second-order valence-corrected chi connectivity index (χ2v) is 8.30. The van der Waals surface area contributed by atoms with Gasteiger partial charge in [0.15, 0.2) is 0 Å². The number of hydrogen-bond donors (Lipinski definition) is 1. The number of aromatic nitrogens is 1. The molecule has 1 atom stereocenters. The Morgan fingerprint density at radius 3 is 2.77 bits per heavy atom. The molecule has 31 heavy (non-hydrogen) atoms. The Balaban J connectivity index is 1.86. The van der Waals surface area contributed by atoms with Gasteiger partial charge in [-0.15, -0.1) is 0 Å². The van der Waals surface area contributed by atoms with Gasteiger partial charge < -0.3 is 14.8 Å². The molecule has 8 heteroatoms. The number of hydrogen-bond acceptors (Lipinski definition) is 6. The van der Waals surface area contributed by atoms with Crippen LogP contribution in [-0.2, 0) is 22.7 Å². The van der Waals surface area contributed by atoms with E-state index in [-0.39, 0.29) is 18.4 Å². The molecular weight excluding hydrogens is 439 g/mol. The molecule has 0 aliphatic rings. The Kier molecular flexibility index (Phi) is 8.51. The number of methoxy groups -OCH3 is 1. The molecule has 0 saturated carbocycles. The summed E-state index contributed by atoms with van der Waals surface area (Å²) in [6, 6.07) is 13.3. The molecule has 3 aromatic rings. The van der Waals surface area contributed by atoms with E-state index in [0.29, 0.717) is 29.4 Å². The Morgan fingerprint density at radius 2 is 2.03 bits per heavy atom. The maximum atomic E-state index is 13.7. The minimum absolute atomic E-state index is 0.216. The van der Waals surface area contributed by atoms with Crippen molar-refractivity contribution in [3.8, 4) is 5.88 Å². The van der Waals surface area contributed by atoms with Crippen molar-refractivity contribution in [1.82, 2.24) is 10.3 Å². The highest BCUT2D eigenvalue weighted by atomic mass is 35.5. The van der Waals surface area contributed by atoms with Gasteiger partial charge in [0.25, 0.3) is 0 Å². The number of benzene rings is 2. The molecule has 164 valence electrons. The zero-order valence-corrected chi connectivity index (χ0v) is 18.9. The van der Waals surface area contributed by atoms with Crippen molar-refractivity contribution in [3.63, 3.8) is 0 Å². The lowest BCUT2D eigenvalue weighted by molar-refractivity contribution is -0.143. The Hall–Kier alpha value is -2.35. The smallest absolute Gasteiger partial charge is 0.322 e. The summed E-state index contributed by atoms with van der Waals surface area (Å²) in [7, 11) is 1.38. The van der Waals surface area contributed by atoms with Crippen LogP contribution in [-0.4, -0.2) is 36.1 Å². The average Bonchev–Trinajstić information content (AvgIpc) is 2.78. The van der Waals surface area contributed by atoms with Gasteiger partial charge in [-0.1, -0.05) is 29.8 Å². The third-order valence-corrected chi connectivity index (χ3v) is 5.79. The number of pyridine rings is 1. The lowest BCUT2D eigenvalue weighted by Gasteiger charge is -2.18. The molecule has 0 aliphatic carbocycles. The first-order chi connectivity index (χ1) is 15.0. The number of carbonyl (C=O) groups excluding carboxylic acids is 1. The standard InChI is InChI=1S/C23H24ClFN2O3S/c1-29-23(28)20(9-10-31-2)26-13-17-11-15-7-8-18(25)12-21(15)27-22(17)30-14-16-5-3-4-6-19(16)24/h3-8,11-12,20,26H,9-10,13-14H2,1-2H3/t20-/m0/s1. The van der Waals surface area contributed by atoms with Crippen LogP contribution < -0.4 is 10.1 Å². The number of thioether (sulfide) groups is 1. The van der Waals surface area contributed by atoms with Crippen LogP contribution in [0, 0.1) is 5.82 Å². The summed E-state index contributed by atoms with van der Waals surface area (Å²) in [6.07, 6.45) is 2.62. The van der Waals surface area contributed by atoms with E-state index in [2.05, 4.69) is 10.3 Å². The molecule has 5 nitrogen and oxygen atoms in total. The molecule has 0 bridgehead atoms. The Bertz CT molecular complexity index is 1050. The summed E-state index contributed by atoms with van der Waals surface area (Å²) in [5.74, 6) is 0.492. The van der Waals surface area contributed by atoms with Crippen LogP contribution in [0.25, 0.3) is 10.9 Å². The van der Waals surface area contributed by atoms with Crippen LogP contribution in [0.4, 0.5) is 4.39 Å². The fraction of sp³-hybridized carbons (Fsp3) is 0.304. The summed E-state index contributed by atoms with van der Waals surface area (Å²) in [5.41, 5.74) is 2.06. The van der Waals surface area contributed by atoms with Crippen LogP contribution in [0.5, 0.6) is 5.88 Å². The average molecular weight is 463 g/mol. The highest BCUT2D eigenvalue weighted by Crippen LogP contribution is 2.25.